The highest BCUT2D eigenvalue weighted by Gasteiger charge is 2.23. The van der Waals surface area contributed by atoms with Crippen LogP contribution in [-0.2, 0) is 0 Å². The van der Waals surface area contributed by atoms with Crippen LogP contribution in [0.3, 0.4) is 0 Å². The molecule has 10 rings (SSSR count). The molecular formula is C48H31NO2. The molecule has 0 bridgehead atoms. The van der Waals surface area contributed by atoms with Crippen molar-refractivity contribution in [1.29, 1.82) is 0 Å². The molecule has 0 spiro atoms. The first-order chi connectivity index (χ1) is 25.3. The maximum Gasteiger partial charge on any atom is 0.147 e. The number of hydrogen-bond donors (Lipinski definition) is 0. The third-order valence-electron chi connectivity index (χ3n) is 9.90. The van der Waals surface area contributed by atoms with Crippen molar-refractivity contribution in [3.63, 3.8) is 0 Å². The van der Waals surface area contributed by atoms with Gasteiger partial charge in [0, 0.05) is 22.1 Å². The minimum Gasteiger partial charge on any atom is -0.456 e. The van der Waals surface area contributed by atoms with Crippen molar-refractivity contribution < 1.29 is 8.83 Å². The number of fused-ring (bicyclic) bond motifs is 7. The van der Waals surface area contributed by atoms with Gasteiger partial charge in [0.1, 0.15) is 22.3 Å². The molecule has 0 saturated heterocycles. The third kappa shape index (κ3) is 4.90. The Morgan fingerprint density at radius 3 is 1.55 bits per heavy atom. The molecule has 8 aromatic carbocycles. The number of furan rings is 2. The molecular weight excluding hydrogens is 623 g/mol. The van der Waals surface area contributed by atoms with Crippen LogP contribution in [0.25, 0.3) is 77.3 Å². The summed E-state index contributed by atoms with van der Waals surface area (Å²) in [6, 6.07) is 66.1. The van der Waals surface area contributed by atoms with Gasteiger partial charge in [0.25, 0.3) is 0 Å². The Kier molecular flexibility index (Phi) is 6.81. The first-order valence-electron chi connectivity index (χ1n) is 17.3. The van der Waals surface area contributed by atoms with Crippen molar-refractivity contribution in [2.24, 2.45) is 0 Å². The van der Waals surface area contributed by atoms with E-state index in [1.807, 2.05) is 18.2 Å². The molecule has 0 N–H and O–H groups in total. The lowest BCUT2D eigenvalue weighted by Gasteiger charge is -2.27. The molecule has 51 heavy (non-hydrogen) atoms. The van der Waals surface area contributed by atoms with Gasteiger partial charge in [0.15, 0.2) is 0 Å². The molecule has 0 aliphatic heterocycles. The zero-order valence-electron chi connectivity index (χ0n) is 27.7. The standard InChI is InChI=1S/C48H31NO2/c1-3-12-32(13-4-1)33-22-26-36(27-23-33)49(37-28-24-35(25-29-37)39-17-8-7-16-38(39)34-14-5-2-6-15-34)42-19-11-21-44-46(42)47-45(50-44)31-30-41-40-18-9-10-20-43(40)51-48(41)47/h1-31H. The van der Waals surface area contributed by atoms with Crippen LogP contribution in [0, 0.1) is 0 Å². The monoisotopic (exact) mass is 653 g/mol. The molecule has 2 aromatic heterocycles. The second kappa shape index (κ2) is 11.9. The fourth-order valence-corrected chi connectivity index (χ4v) is 7.51. The highest BCUT2D eigenvalue weighted by Crippen LogP contribution is 2.46. The van der Waals surface area contributed by atoms with Gasteiger partial charge in [-0.3, -0.25) is 0 Å². The number of nitrogens with zero attached hydrogens (tertiary/aromatic N) is 1. The number of benzene rings is 8. The highest BCUT2D eigenvalue weighted by molar-refractivity contribution is 6.25. The first-order valence-corrected chi connectivity index (χ1v) is 17.3. The van der Waals surface area contributed by atoms with E-state index < -0.39 is 0 Å². The summed E-state index contributed by atoms with van der Waals surface area (Å²) in [7, 11) is 0. The van der Waals surface area contributed by atoms with Crippen LogP contribution in [0.2, 0.25) is 0 Å². The van der Waals surface area contributed by atoms with Crippen LogP contribution < -0.4 is 4.90 Å². The second-order valence-electron chi connectivity index (χ2n) is 12.9. The maximum atomic E-state index is 6.58. The second-order valence-corrected chi connectivity index (χ2v) is 12.9. The van der Waals surface area contributed by atoms with Crippen molar-refractivity contribution in [2.75, 3.05) is 4.90 Å². The van der Waals surface area contributed by atoms with Crippen LogP contribution in [0.15, 0.2) is 197 Å². The molecule has 3 heteroatoms. The fraction of sp³-hybridized carbons (Fsp3) is 0. The van der Waals surface area contributed by atoms with Crippen LogP contribution in [-0.4, -0.2) is 0 Å². The molecule has 0 amide bonds. The fourth-order valence-electron chi connectivity index (χ4n) is 7.51. The average molecular weight is 654 g/mol. The van der Waals surface area contributed by atoms with E-state index in [1.54, 1.807) is 0 Å². The van der Waals surface area contributed by atoms with Gasteiger partial charge in [-0.15, -0.1) is 0 Å². The number of anilines is 3. The highest BCUT2D eigenvalue weighted by atomic mass is 16.3. The molecule has 0 atom stereocenters. The van der Waals surface area contributed by atoms with Crippen LogP contribution in [0.5, 0.6) is 0 Å². The summed E-state index contributed by atoms with van der Waals surface area (Å²) in [5.74, 6) is 0. The van der Waals surface area contributed by atoms with Gasteiger partial charge in [0.2, 0.25) is 0 Å². The Hall–Kier alpha value is -6.84. The summed E-state index contributed by atoms with van der Waals surface area (Å²) in [6.45, 7) is 0. The molecule has 10 aromatic rings. The maximum absolute atomic E-state index is 6.58. The molecule has 240 valence electrons. The predicted molar refractivity (Wildman–Crippen MR) is 212 cm³/mol. The zero-order valence-corrected chi connectivity index (χ0v) is 27.7. The van der Waals surface area contributed by atoms with Gasteiger partial charge in [-0.25, -0.2) is 0 Å². The zero-order chi connectivity index (χ0) is 33.7. The van der Waals surface area contributed by atoms with Crippen molar-refractivity contribution in [2.45, 2.75) is 0 Å². The van der Waals surface area contributed by atoms with Gasteiger partial charge < -0.3 is 13.7 Å². The minimum atomic E-state index is 0.802. The largest absolute Gasteiger partial charge is 0.456 e. The first kappa shape index (κ1) is 29.1. The Balaban J connectivity index is 1.18. The molecule has 3 nitrogen and oxygen atoms in total. The quantitative estimate of drug-likeness (QED) is 0.179. The number of hydrogen-bond acceptors (Lipinski definition) is 3. The molecule has 0 unspecified atom stereocenters. The summed E-state index contributed by atoms with van der Waals surface area (Å²) < 4.78 is 13.1. The van der Waals surface area contributed by atoms with E-state index in [-0.39, 0.29) is 0 Å². The van der Waals surface area contributed by atoms with E-state index >= 15 is 0 Å². The molecule has 0 aliphatic carbocycles. The van der Waals surface area contributed by atoms with E-state index in [2.05, 4.69) is 175 Å². The van der Waals surface area contributed by atoms with E-state index in [0.717, 1.165) is 66.5 Å². The van der Waals surface area contributed by atoms with Crippen molar-refractivity contribution in [3.8, 4) is 33.4 Å². The van der Waals surface area contributed by atoms with E-state index in [4.69, 9.17) is 8.83 Å². The lowest BCUT2D eigenvalue weighted by atomic mass is 9.94. The van der Waals surface area contributed by atoms with Gasteiger partial charge >= 0.3 is 0 Å². The van der Waals surface area contributed by atoms with Crippen LogP contribution in [0.1, 0.15) is 0 Å². The minimum absolute atomic E-state index is 0.802. The molecule has 0 fully saturated rings. The van der Waals surface area contributed by atoms with Crippen LogP contribution >= 0.6 is 0 Å². The Labute approximate surface area is 295 Å². The van der Waals surface area contributed by atoms with Crippen molar-refractivity contribution in [3.05, 3.63) is 188 Å². The Bertz CT molecular complexity index is 2830. The topological polar surface area (TPSA) is 29.5 Å². The van der Waals surface area contributed by atoms with Crippen LogP contribution in [0.4, 0.5) is 17.1 Å². The SMILES string of the molecule is c1ccc(-c2ccc(N(c3ccc(-c4ccccc4-c4ccccc4)cc3)c3cccc4oc5ccc6c7ccccc7oc6c5c34)cc2)cc1. The molecule has 2 heterocycles. The number of para-hydroxylation sites is 1. The normalized spacial score (nSPS) is 11.5. The summed E-state index contributed by atoms with van der Waals surface area (Å²) in [6.07, 6.45) is 0. The van der Waals surface area contributed by atoms with Gasteiger partial charge in [-0.1, -0.05) is 133 Å². The van der Waals surface area contributed by atoms with Gasteiger partial charge in [0.05, 0.1) is 16.5 Å². The molecule has 0 saturated carbocycles. The van der Waals surface area contributed by atoms with Crippen molar-refractivity contribution in [1.82, 2.24) is 0 Å². The number of rotatable bonds is 6. The summed E-state index contributed by atoms with van der Waals surface area (Å²) in [4.78, 5) is 2.33. The Morgan fingerprint density at radius 1 is 0.314 bits per heavy atom. The van der Waals surface area contributed by atoms with Gasteiger partial charge in [-0.05, 0) is 88.0 Å². The summed E-state index contributed by atoms with van der Waals surface area (Å²) >= 11 is 0. The van der Waals surface area contributed by atoms with Crippen molar-refractivity contribution >= 4 is 60.9 Å². The van der Waals surface area contributed by atoms with Gasteiger partial charge in [-0.2, -0.15) is 0 Å². The smallest absolute Gasteiger partial charge is 0.147 e. The lowest BCUT2D eigenvalue weighted by Crippen LogP contribution is -2.10. The predicted octanol–water partition coefficient (Wildman–Crippen LogP) is 14.0. The van der Waals surface area contributed by atoms with E-state index in [1.165, 1.54) is 27.8 Å². The van der Waals surface area contributed by atoms with E-state index in [0.29, 0.717) is 0 Å². The summed E-state index contributed by atoms with van der Waals surface area (Å²) in [5.41, 5.74) is 13.6. The summed E-state index contributed by atoms with van der Waals surface area (Å²) in [5, 5.41) is 4.17. The lowest BCUT2D eigenvalue weighted by molar-refractivity contribution is 0.663. The molecule has 0 aliphatic rings. The average Bonchev–Trinajstić information content (AvgIpc) is 3.78. The third-order valence-corrected chi connectivity index (χ3v) is 9.90. The Morgan fingerprint density at radius 2 is 0.843 bits per heavy atom. The van der Waals surface area contributed by atoms with E-state index in [9.17, 15) is 0 Å². The molecule has 0 radical (unpaired) electrons.